The molecule has 0 aromatic heterocycles. The van der Waals surface area contributed by atoms with Crippen LogP contribution in [0.2, 0.25) is 0 Å². The van der Waals surface area contributed by atoms with Crippen molar-refractivity contribution in [2.24, 2.45) is 0 Å². The summed E-state index contributed by atoms with van der Waals surface area (Å²) in [6, 6.07) is 7.16. The molecule has 15 heavy (non-hydrogen) atoms. The highest BCUT2D eigenvalue weighted by Gasteiger charge is 2.08. The minimum atomic E-state index is -0.0652. The summed E-state index contributed by atoms with van der Waals surface area (Å²) in [5.41, 5.74) is 0.642. The number of rotatable bonds is 4. The van der Waals surface area contributed by atoms with E-state index in [1.54, 1.807) is 31.4 Å². The molecule has 1 amide bonds. The summed E-state index contributed by atoms with van der Waals surface area (Å²) < 4.78 is 5.01. The standard InChI is InChI=1S/C11H14BrNO2/c1-8(7-12)13-11(14)9-3-5-10(15-2)6-4-9/h3-6,8H,7H2,1-2H3,(H,13,14). The van der Waals surface area contributed by atoms with Gasteiger partial charge in [-0.2, -0.15) is 0 Å². The zero-order chi connectivity index (χ0) is 11.3. The second-order valence-corrected chi connectivity index (χ2v) is 3.90. The number of methoxy groups -OCH3 is 1. The van der Waals surface area contributed by atoms with E-state index < -0.39 is 0 Å². The van der Waals surface area contributed by atoms with Crippen molar-refractivity contribution in [3.8, 4) is 5.75 Å². The zero-order valence-electron chi connectivity index (χ0n) is 8.79. The van der Waals surface area contributed by atoms with Gasteiger partial charge in [0.05, 0.1) is 7.11 Å². The van der Waals surface area contributed by atoms with Gasteiger partial charge in [0.15, 0.2) is 0 Å². The summed E-state index contributed by atoms with van der Waals surface area (Å²) in [6.45, 7) is 1.94. The van der Waals surface area contributed by atoms with Crippen molar-refractivity contribution in [2.75, 3.05) is 12.4 Å². The number of ether oxygens (including phenoxy) is 1. The molecule has 0 spiro atoms. The summed E-state index contributed by atoms with van der Waals surface area (Å²) in [5, 5.41) is 3.60. The Morgan fingerprint density at radius 2 is 2.07 bits per heavy atom. The van der Waals surface area contributed by atoms with Gasteiger partial charge in [-0.25, -0.2) is 0 Å². The first-order valence-corrected chi connectivity index (χ1v) is 5.80. The van der Waals surface area contributed by atoms with Crippen LogP contribution in [0.1, 0.15) is 17.3 Å². The highest BCUT2D eigenvalue weighted by Crippen LogP contribution is 2.11. The van der Waals surface area contributed by atoms with Gasteiger partial charge in [-0.05, 0) is 31.2 Å². The van der Waals surface area contributed by atoms with Crippen LogP contribution >= 0.6 is 15.9 Å². The van der Waals surface area contributed by atoms with Gasteiger partial charge in [0.1, 0.15) is 5.75 Å². The van der Waals surface area contributed by atoms with Crippen LogP contribution < -0.4 is 10.1 Å². The molecular weight excluding hydrogens is 258 g/mol. The fourth-order valence-electron chi connectivity index (χ4n) is 1.09. The Kier molecular flexibility index (Phi) is 4.62. The van der Waals surface area contributed by atoms with E-state index in [2.05, 4.69) is 21.2 Å². The molecule has 1 unspecified atom stereocenters. The average molecular weight is 272 g/mol. The molecule has 1 aromatic rings. The highest BCUT2D eigenvalue weighted by atomic mass is 79.9. The fraction of sp³-hybridized carbons (Fsp3) is 0.364. The Labute approximate surface area is 97.9 Å². The van der Waals surface area contributed by atoms with Gasteiger partial charge in [-0.3, -0.25) is 4.79 Å². The summed E-state index contributed by atoms with van der Waals surface area (Å²) in [4.78, 5) is 11.6. The van der Waals surface area contributed by atoms with Crippen LogP contribution in [0.5, 0.6) is 5.75 Å². The largest absolute Gasteiger partial charge is 0.497 e. The molecule has 0 fully saturated rings. The van der Waals surface area contributed by atoms with Crippen molar-refractivity contribution in [1.82, 2.24) is 5.32 Å². The first kappa shape index (κ1) is 12.0. The van der Waals surface area contributed by atoms with Crippen molar-refractivity contribution < 1.29 is 9.53 Å². The number of amides is 1. The highest BCUT2D eigenvalue weighted by molar-refractivity contribution is 9.09. The molecule has 0 bridgehead atoms. The summed E-state index contributed by atoms with van der Waals surface area (Å²) in [5.74, 6) is 0.685. The molecule has 0 saturated carbocycles. The molecule has 4 heteroatoms. The van der Waals surface area contributed by atoms with E-state index in [0.717, 1.165) is 11.1 Å². The summed E-state index contributed by atoms with van der Waals surface area (Å²) in [7, 11) is 1.60. The molecule has 1 N–H and O–H groups in total. The minimum absolute atomic E-state index is 0.0652. The number of halogens is 1. The number of carbonyl (C=O) groups is 1. The van der Waals surface area contributed by atoms with E-state index in [1.165, 1.54) is 0 Å². The van der Waals surface area contributed by atoms with Crippen LogP contribution in [-0.4, -0.2) is 24.4 Å². The lowest BCUT2D eigenvalue weighted by Gasteiger charge is -2.10. The van der Waals surface area contributed by atoms with E-state index in [0.29, 0.717) is 5.56 Å². The fourth-order valence-corrected chi connectivity index (χ4v) is 1.25. The lowest BCUT2D eigenvalue weighted by molar-refractivity contribution is 0.0944. The second kappa shape index (κ2) is 5.75. The van der Waals surface area contributed by atoms with E-state index in [4.69, 9.17) is 4.74 Å². The average Bonchev–Trinajstić information content (AvgIpc) is 2.29. The third kappa shape index (κ3) is 3.55. The van der Waals surface area contributed by atoms with E-state index in [1.807, 2.05) is 6.92 Å². The molecular formula is C11H14BrNO2. The molecule has 0 radical (unpaired) electrons. The number of carbonyl (C=O) groups excluding carboxylic acids is 1. The molecule has 1 aromatic carbocycles. The predicted molar refractivity (Wildman–Crippen MR) is 63.7 cm³/mol. The van der Waals surface area contributed by atoms with Gasteiger partial charge >= 0.3 is 0 Å². The molecule has 0 heterocycles. The Hall–Kier alpha value is -1.03. The molecule has 0 aliphatic carbocycles. The Balaban J connectivity index is 2.66. The lowest BCUT2D eigenvalue weighted by atomic mass is 10.2. The van der Waals surface area contributed by atoms with Crippen LogP contribution in [0, 0.1) is 0 Å². The normalized spacial score (nSPS) is 11.9. The smallest absolute Gasteiger partial charge is 0.251 e. The van der Waals surface area contributed by atoms with E-state index >= 15 is 0 Å². The molecule has 0 saturated heterocycles. The van der Waals surface area contributed by atoms with Gasteiger partial charge < -0.3 is 10.1 Å². The van der Waals surface area contributed by atoms with Gasteiger partial charge in [-0.15, -0.1) is 0 Å². The summed E-state index contributed by atoms with van der Waals surface area (Å²) in [6.07, 6.45) is 0. The number of alkyl halides is 1. The maximum atomic E-state index is 11.6. The third-order valence-electron chi connectivity index (χ3n) is 1.96. The van der Waals surface area contributed by atoms with Crippen molar-refractivity contribution >= 4 is 21.8 Å². The van der Waals surface area contributed by atoms with Crippen LogP contribution in [0.15, 0.2) is 24.3 Å². The van der Waals surface area contributed by atoms with Crippen molar-refractivity contribution in [2.45, 2.75) is 13.0 Å². The molecule has 1 atom stereocenters. The monoisotopic (exact) mass is 271 g/mol. The number of hydrogen-bond donors (Lipinski definition) is 1. The van der Waals surface area contributed by atoms with Crippen LogP contribution in [0.3, 0.4) is 0 Å². The number of nitrogens with one attached hydrogen (secondary N) is 1. The van der Waals surface area contributed by atoms with Gasteiger partial charge in [0.25, 0.3) is 5.91 Å². The van der Waals surface area contributed by atoms with Gasteiger partial charge in [0, 0.05) is 16.9 Å². The lowest BCUT2D eigenvalue weighted by Crippen LogP contribution is -2.33. The van der Waals surface area contributed by atoms with Gasteiger partial charge in [0.2, 0.25) is 0 Å². The SMILES string of the molecule is COc1ccc(C(=O)NC(C)CBr)cc1. The molecule has 0 aliphatic heterocycles. The minimum Gasteiger partial charge on any atom is -0.497 e. The van der Waals surface area contributed by atoms with Crippen molar-refractivity contribution in [1.29, 1.82) is 0 Å². The van der Waals surface area contributed by atoms with Crippen LogP contribution in [-0.2, 0) is 0 Å². The molecule has 3 nitrogen and oxygen atoms in total. The van der Waals surface area contributed by atoms with Crippen molar-refractivity contribution in [3.05, 3.63) is 29.8 Å². The zero-order valence-corrected chi connectivity index (χ0v) is 10.4. The predicted octanol–water partition coefficient (Wildman–Crippen LogP) is 2.21. The first-order valence-electron chi connectivity index (χ1n) is 4.68. The quantitative estimate of drug-likeness (QED) is 0.853. The topological polar surface area (TPSA) is 38.3 Å². The van der Waals surface area contributed by atoms with E-state index in [-0.39, 0.29) is 11.9 Å². The Morgan fingerprint density at radius 1 is 1.47 bits per heavy atom. The second-order valence-electron chi connectivity index (χ2n) is 3.26. The number of hydrogen-bond acceptors (Lipinski definition) is 2. The maximum absolute atomic E-state index is 11.6. The van der Waals surface area contributed by atoms with Crippen LogP contribution in [0.25, 0.3) is 0 Å². The van der Waals surface area contributed by atoms with Crippen molar-refractivity contribution in [3.63, 3.8) is 0 Å². The van der Waals surface area contributed by atoms with E-state index in [9.17, 15) is 4.79 Å². The number of benzene rings is 1. The molecule has 1 rings (SSSR count). The summed E-state index contributed by atoms with van der Waals surface area (Å²) >= 11 is 3.30. The Bertz CT molecular complexity index is 324. The molecule has 0 aliphatic rings. The first-order chi connectivity index (χ1) is 7.17. The van der Waals surface area contributed by atoms with Crippen LogP contribution in [0.4, 0.5) is 0 Å². The van der Waals surface area contributed by atoms with Gasteiger partial charge in [-0.1, -0.05) is 15.9 Å². The third-order valence-corrected chi connectivity index (χ3v) is 2.93. The maximum Gasteiger partial charge on any atom is 0.251 e. The molecule has 82 valence electrons. The Morgan fingerprint density at radius 3 is 2.53 bits per heavy atom.